The lowest BCUT2D eigenvalue weighted by molar-refractivity contribution is 0.383. The molecule has 0 radical (unpaired) electrons. The second kappa shape index (κ2) is 8.52. The molecule has 0 atom stereocenters. The highest BCUT2D eigenvalue weighted by Gasteiger charge is 2.27. The van der Waals surface area contributed by atoms with Gasteiger partial charge in [0.05, 0.1) is 17.6 Å². The number of aromatic nitrogens is 4. The highest BCUT2D eigenvalue weighted by Crippen LogP contribution is 2.30. The maximum atomic E-state index is 12.1. The van der Waals surface area contributed by atoms with Gasteiger partial charge in [0.25, 0.3) is 0 Å². The molecule has 0 aliphatic carbocycles. The Bertz CT molecular complexity index is 1060. The molecule has 0 aromatic carbocycles. The van der Waals surface area contributed by atoms with E-state index in [0.717, 1.165) is 11.4 Å². The Labute approximate surface area is 175 Å². The van der Waals surface area contributed by atoms with Crippen molar-refractivity contribution in [2.24, 2.45) is 7.05 Å². The number of aryl methyl sites for hydroxylation is 1. The van der Waals surface area contributed by atoms with Crippen molar-refractivity contribution >= 4 is 28.4 Å². The first-order valence-electron chi connectivity index (χ1n) is 9.11. The Morgan fingerprint density at radius 2 is 1.93 bits per heavy atom. The minimum absolute atomic E-state index is 0. The van der Waals surface area contributed by atoms with E-state index in [1.807, 2.05) is 34.8 Å². The molecule has 0 unspecified atom stereocenters. The van der Waals surface area contributed by atoms with Crippen molar-refractivity contribution in [3.8, 4) is 22.8 Å². The molecule has 29 heavy (non-hydrogen) atoms. The molecule has 156 valence electrons. The number of sulfonamides is 1. The van der Waals surface area contributed by atoms with E-state index in [1.54, 1.807) is 25.6 Å². The monoisotopic (exact) mass is 438 g/mol. The fourth-order valence-electron chi connectivity index (χ4n) is 3.26. The van der Waals surface area contributed by atoms with Crippen LogP contribution in [0, 0.1) is 0 Å². The van der Waals surface area contributed by atoms with Crippen LogP contribution in [0.3, 0.4) is 0 Å². The predicted octanol–water partition coefficient (Wildman–Crippen LogP) is 2.03. The van der Waals surface area contributed by atoms with Crippen LogP contribution in [0.25, 0.3) is 22.8 Å². The molecule has 0 bridgehead atoms. The van der Waals surface area contributed by atoms with Crippen molar-refractivity contribution in [1.29, 1.82) is 0 Å². The Balaban J connectivity index is 0.00000240. The maximum Gasteiger partial charge on any atom is 0.226 e. The van der Waals surface area contributed by atoms with Crippen LogP contribution < -0.4 is 4.90 Å². The lowest BCUT2D eigenvalue weighted by atomic mass is 10.2. The van der Waals surface area contributed by atoms with Gasteiger partial charge >= 0.3 is 0 Å². The summed E-state index contributed by atoms with van der Waals surface area (Å²) in [5.74, 6) is 2.05. The van der Waals surface area contributed by atoms with E-state index in [2.05, 4.69) is 9.97 Å². The Hall–Kier alpha value is -2.43. The molecular formula is C18H23ClN6O3S. The van der Waals surface area contributed by atoms with Gasteiger partial charge in [0, 0.05) is 51.8 Å². The first-order valence-corrected chi connectivity index (χ1v) is 10.7. The highest BCUT2D eigenvalue weighted by molar-refractivity contribution is 7.89. The summed E-state index contributed by atoms with van der Waals surface area (Å²) >= 11 is 0. The normalized spacial score (nSPS) is 15.3. The molecule has 1 saturated heterocycles. The molecule has 4 heterocycles. The fraction of sp³-hybridized carbons (Fsp3) is 0.389. The number of furan rings is 1. The van der Waals surface area contributed by atoms with E-state index < -0.39 is 10.0 Å². The number of hydrogen-bond donors (Lipinski definition) is 0. The van der Waals surface area contributed by atoms with Gasteiger partial charge in [-0.15, -0.1) is 12.4 Å². The molecule has 1 aliphatic heterocycles. The predicted molar refractivity (Wildman–Crippen MR) is 112 cm³/mol. The van der Waals surface area contributed by atoms with Crippen molar-refractivity contribution < 1.29 is 12.8 Å². The summed E-state index contributed by atoms with van der Waals surface area (Å²) in [5.41, 5.74) is 1.44. The molecule has 0 saturated carbocycles. The molecular weight excluding hydrogens is 416 g/mol. The summed E-state index contributed by atoms with van der Waals surface area (Å²) in [6, 6.07) is 3.66. The summed E-state index contributed by atoms with van der Waals surface area (Å²) in [4.78, 5) is 15.7. The van der Waals surface area contributed by atoms with Crippen LogP contribution >= 0.6 is 12.4 Å². The smallest absolute Gasteiger partial charge is 0.226 e. The molecule has 1 fully saturated rings. The van der Waals surface area contributed by atoms with Crippen molar-refractivity contribution in [3.05, 3.63) is 37.0 Å². The molecule has 4 rings (SSSR count). The van der Waals surface area contributed by atoms with E-state index in [1.165, 1.54) is 4.31 Å². The van der Waals surface area contributed by atoms with Crippen LogP contribution in [-0.2, 0) is 17.1 Å². The number of imidazole rings is 1. The quantitative estimate of drug-likeness (QED) is 0.601. The van der Waals surface area contributed by atoms with Gasteiger partial charge in [0.2, 0.25) is 16.0 Å². The first kappa shape index (κ1) is 21.3. The van der Waals surface area contributed by atoms with Crippen molar-refractivity contribution in [2.45, 2.75) is 6.92 Å². The molecule has 3 aromatic heterocycles. The SMILES string of the molecule is CCS(=O)(=O)N1CCN(c2ncc(-c3nccn3C)c(-c3ccco3)n2)CC1.Cl. The Morgan fingerprint density at radius 1 is 1.17 bits per heavy atom. The van der Waals surface area contributed by atoms with E-state index >= 15 is 0 Å². The fourth-order valence-corrected chi connectivity index (χ4v) is 4.35. The topological polar surface area (TPSA) is 97.4 Å². The van der Waals surface area contributed by atoms with E-state index in [-0.39, 0.29) is 18.2 Å². The number of hydrogen-bond acceptors (Lipinski definition) is 7. The summed E-state index contributed by atoms with van der Waals surface area (Å²) in [6.45, 7) is 3.60. The van der Waals surface area contributed by atoms with Gasteiger partial charge in [0.15, 0.2) is 5.76 Å². The zero-order valence-corrected chi connectivity index (χ0v) is 17.9. The van der Waals surface area contributed by atoms with E-state index in [0.29, 0.717) is 43.6 Å². The highest BCUT2D eigenvalue weighted by atomic mass is 35.5. The van der Waals surface area contributed by atoms with Gasteiger partial charge < -0.3 is 13.9 Å². The van der Waals surface area contributed by atoms with E-state index in [4.69, 9.17) is 9.40 Å². The lowest BCUT2D eigenvalue weighted by Gasteiger charge is -2.33. The van der Waals surface area contributed by atoms with Crippen molar-refractivity contribution in [1.82, 2.24) is 23.8 Å². The van der Waals surface area contributed by atoms with Crippen molar-refractivity contribution in [3.63, 3.8) is 0 Å². The summed E-state index contributed by atoms with van der Waals surface area (Å²) < 4.78 is 33.2. The molecule has 0 amide bonds. The molecule has 1 aliphatic rings. The van der Waals surface area contributed by atoms with Crippen LogP contribution in [0.1, 0.15) is 6.92 Å². The number of nitrogens with zero attached hydrogens (tertiary/aromatic N) is 6. The average molecular weight is 439 g/mol. The van der Waals surface area contributed by atoms with Gasteiger partial charge in [0.1, 0.15) is 11.5 Å². The third kappa shape index (κ3) is 4.14. The van der Waals surface area contributed by atoms with Gasteiger partial charge in [-0.3, -0.25) is 0 Å². The van der Waals surface area contributed by atoms with Gasteiger partial charge in [-0.25, -0.2) is 23.4 Å². The van der Waals surface area contributed by atoms with Gasteiger partial charge in [-0.2, -0.15) is 4.31 Å². The molecule has 9 nitrogen and oxygen atoms in total. The minimum Gasteiger partial charge on any atom is -0.463 e. The number of anilines is 1. The average Bonchev–Trinajstić information content (AvgIpc) is 3.39. The minimum atomic E-state index is -3.17. The van der Waals surface area contributed by atoms with Crippen LogP contribution in [-0.4, -0.2) is 64.2 Å². The number of piperazine rings is 1. The molecule has 3 aromatic rings. The van der Waals surface area contributed by atoms with Crippen LogP contribution in [0.2, 0.25) is 0 Å². The summed E-state index contributed by atoms with van der Waals surface area (Å²) in [6.07, 6.45) is 6.94. The van der Waals surface area contributed by atoms with Crippen LogP contribution in [0.15, 0.2) is 41.4 Å². The first-order chi connectivity index (χ1) is 13.5. The number of rotatable bonds is 5. The largest absolute Gasteiger partial charge is 0.463 e. The van der Waals surface area contributed by atoms with Gasteiger partial charge in [-0.1, -0.05) is 0 Å². The number of halogens is 1. The molecule has 0 spiro atoms. The van der Waals surface area contributed by atoms with Crippen LogP contribution in [0.4, 0.5) is 5.95 Å². The van der Waals surface area contributed by atoms with Gasteiger partial charge in [-0.05, 0) is 19.1 Å². The van der Waals surface area contributed by atoms with E-state index in [9.17, 15) is 8.42 Å². The summed E-state index contributed by atoms with van der Waals surface area (Å²) in [5, 5.41) is 0. The standard InChI is InChI=1S/C18H22N6O3S.ClH/c1-3-28(25,26)24-10-8-23(9-11-24)18-20-13-14(17-19-6-7-22(17)2)16(21-18)15-5-4-12-27-15;/h4-7,12-13H,3,8-11H2,1-2H3;1H. The third-order valence-corrected chi connectivity index (χ3v) is 6.75. The lowest BCUT2D eigenvalue weighted by Crippen LogP contribution is -2.49. The van der Waals surface area contributed by atoms with Crippen LogP contribution in [0.5, 0.6) is 0 Å². The van der Waals surface area contributed by atoms with Crippen molar-refractivity contribution in [2.75, 3.05) is 36.8 Å². The zero-order valence-electron chi connectivity index (χ0n) is 16.2. The molecule has 0 N–H and O–H groups in total. The Kier molecular flexibility index (Phi) is 6.25. The second-order valence-electron chi connectivity index (χ2n) is 6.56. The Morgan fingerprint density at radius 3 is 2.52 bits per heavy atom. The summed E-state index contributed by atoms with van der Waals surface area (Å²) in [7, 11) is -1.26. The third-order valence-electron chi connectivity index (χ3n) is 4.87. The molecule has 11 heteroatoms. The second-order valence-corrected chi connectivity index (χ2v) is 8.82. The maximum absolute atomic E-state index is 12.1. The zero-order chi connectivity index (χ0) is 19.7.